The van der Waals surface area contributed by atoms with Crippen molar-refractivity contribution in [1.29, 1.82) is 0 Å². The van der Waals surface area contributed by atoms with Crippen LogP contribution >= 0.6 is 0 Å². The summed E-state index contributed by atoms with van der Waals surface area (Å²) in [5, 5.41) is 19.4. The van der Waals surface area contributed by atoms with E-state index in [2.05, 4.69) is 15.5 Å². The van der Waals surface area contributed by atoms with Crippen LogP contribution in [0, 0.1) is 11.6 Å². The van der Waals surface area contributed by atoms with Crippen LogP contribution in [0.3, 0.4) is 0 Å². The highest BCUT2D eigenvalue weighted by molar-refractivity contribution is 5.84. The van der Waals surface area contributed by atoms with Crippen LogP contribution in [0.1, 0.15) is 41.7 Å². The number of amides is 1. The summed E-state index contributed by atoms with van der Waals surface area (Å²) in [6.45, 7) is -0.250. The molecule has 122 valence electrons. The zero-order chi connectivity index (χ0) is 16.4. The molecule has 3 rings (SSSR count). The number of H-pyrrole nitrogens is 1. The van der Waals surface area contributed by atoms with Crippen molar-refractivity contribution < 1.29 is 18.7 Å². The maximum absolute atomic E-state index is 13.6. The highest BCUT2D eigenvalue weighted by atomic mass is 19.1. The van der Waals surface area contributed by atoms with Gasteiger partial charge in [-0.25, -0.2) is 8.78 Å². The molecule has 0 aliphatic heterocycles. The van der Waals surface area contributed by atoms with Gasteiger partial charge in [0, 0.05) is 17.8 Å². The zero-order valence-electron chi connectivity index (χ0n) is 12.4. The van der Waals surface area contributed by atoms with E-state index in [1.165, 1.54) is 6.07 Å². The molecule has 1 aromatic heterocycles. The van der Waals surface area contributed by atoms with E-state index in [0.29, 0.717) is 6.42 Å². The highest BCUT2D eigenvalue weighted by Gasteiger charge is 2.28. The lowest BCUT2D eigenvalue weighted by atomic mass is 9.86. The van der Waals surface area contributed by atoms with E-state index in [9.17, 15) is 18.7 Å². The minimum Gasteiger partial charge on any atom is -0.386 e. The molecule has 1 amide bonds. The predicted octanol–water partition coefficient (Wildman–Crippen LogP) is 1.96. The second-order valence-electron chi connectivity index (χ2n) is 5.64. The van der Waals surface area contributed by atoms with Gasteiger partial charge in [-0.1, -0.05) is 6.07 Å². The third kappa shape index (κ3) is 3.10. The molecule has 3 N–H and O–H groups in total. The summed E-state index contributed by atoms with van der Waals surface area (Å²) in [5.41, 5.74) is 1.36. The quantitative estimate of drug-likeness (QED) is 0.805. The number of aromatic amines is 1. The van der Waals surface area contributed by atoms with Crippen LogP contribution in [-0.2, 0) is 11.2 Å². The molecule has 0 fully saturated rings. The first-order chi connectivity index (χ1) is 11.1. The molecule has 0 bridgehead atoms. The molecular formula is C16H17F2N3O2. The molecule has 0 spiro atoms. The number of carbonyl (C=O) groups excluding carboxylic acids is 1. The Bertz CT molecular complexity index is 697. The van der Waals surface area contributed by atoms with Crippen LogP contribution < -0.4 is 5.32 Å². The number of hydrogen-bond donors (Lipinski definition) is 3. The lowest BCUT2D eigenvalue weighted by molar-refractivity contribution is -0.123. The second kappa shape index (κ2) is 6.45. The van der Waals surface area contributed by atoms with Crippen LogP contribution in [0.15, 0.2) is 24.4 Å². The number of fused-ring (bicyclic) bond motifs is 1. The van der Waals surface area contributed by atoms with Crippen LogP contribution in [0.5, 0.6) is 0 Å². The minimum atomic E-state index is -1.44. The Morgan fingerprint density at radius 3 is 2.91 bits per heavy atom. The predicted molar refractivity (Wildman–Crippen MR) is 78.6 cm³/mol. The van der Waals surface area contributed by atoms with E-state index >= 15 is 0 Å². The molecule has 5 nitrogen and oxygen atoms in total. The fraction of sp³-hybridized carbons (Fsp3) is 0.375. The molecule has 2 unspecified atom stereocenters. The maximum atomic E-state index is 13.6. The third-order valence-corrected chi connectivity index (χ3v) is 4.17. The van der Waals surface area contributed by atoms with Gasteiger partial charge >= 0.3 is 0 Å². The van der Waals surface area contributed by atoms with Gasteiger partial charge in [0.1, 0.15) is 17.7 Å². The SMILES string of the molecule is O=C(NCC(O)c1c(F)cccc1F)C1CCCc2[nH]ncc21. The Morgan fingerprint density at radius 1 is 1.43 bits per heavy atom. The van der Waals surface area contributed by atoms with Gasteiger partial charge in [-0.2, -0.15) is 5.10 Å². The van der Waals surface area contributed by atoms with Crippen molar-refractivity contribution in [2.75, 3.05) is 6.54 Å². The average Bonchev–Trinajstić information content (AvgIpc) is 3.00. The maximum Gasteiger partial charge on any atom is 0.227 e. The van der Waals surface area contributed by atoms with Gasteiger partial charge in [0.2, 0.25) is 5.91 Å². The number of nitrogens with zero attached hydrogens (tertiary/aromatic N) is 1. The van der Waals surface area contributed by atoms with Crippen molar-refractivity contribution in [1.82, 2.24) is 15.5 Å². The van der Waals surface area contributed by atoms with E-state index in [1.807, 2.05) is 0 Å². The van der Waals surface area contributed by atoms with Crippen molar-refractivity contribution in [2.45, 2.75) is 31.3 Å². The van der Waals surface area contributed by atoms with E-state index in [-0.39, 0.29) is 18.4 Å². The lowest BCUT2D eigenvalue weighted by Gasteiger charge is -2.22. The van der Waals surface area contributed by atoms with Crippen LogP contribution in [0.25, 0.3) is 0 Å². The summed E-state index contributed by atoms with van der Waals surface area (Å²) in [6, 6.07) is 3.37. The lowest BCUT2D eigenvalue weighted by Crippen LogP contribution is -2.34. The Hall–Kier alpha value is -2.28. The monoisotopic (exact) mass is 321 g/mol. The summed E-state index contributed by atoms with van der Waals surface area (Å²) in [6.07, 6.45) is 2.58. The van der Waals surface area contributed by atoms with E-state index in [1.54, 1.807) is 6.20 Å². The molecule has 1 heterocycles. The number of rotatable bonds is 4. The standard InChI is InChI=1S/C16H17F2N3O2/c17-11-4-2-5-12(18)15(11)14(22)8-19-16(23)9-3-1-6-13-10(9)7-20-21-13/h2,4-5,7,9,14,22H,1,3,6,8H2,(H,19,23)(H,20,21). The summed E-state index contributed by atoms with van der Waals surface area (Å²) in [4.78, 5) is 12.3. The van der Waals surface area contributed by atoms with Crippen molar-refractivity contribution in [3.05, 3.63) is 52.9 Å². The zero-order valence-corrected chi connectivity index (χ0v) is 12.4. The van der Waals surface area contributed by atoms with Gasteiger partial charge in [0.05, 0.1) is 17.7 Å². The fourth-order valence-corrected chi connectivity index (χ4v) is 2.99. The number of aliphatic hydroxyl groups excluding tert-OH is 1. The number of carbonyl (C=O) groups is 1. The number of nitrogens with one attached hydrogen (secondary N) is 2. The molecular weight excluding hydrogens is 304 g/mol. The van der Waals surface area contributed by atoms with Crippen molar-refractivity contribution >= 4 is 5.91 Å². The summed E-state index contributed by atoms with van der Waals surface area (Å²) < 4.78 is 27.2. The van der Waals surface area contributed by atoms with Crippen LogP contribution in [0.4, 0.5) is 8.78 Å². The first kappa shape index (κ1) is 15.6. The van der Waals surface area contributed by atoms with E-state index in [4.69, 9.17) is 0 Å². The molecule has 7 heteroatoms. The number of benzene rings is 1. The summed E-state index contributed by atoms with van der Waals surface area (Å²) in [7, 11) is 0. The molecule has 1 aromatic carbocycles. The number of aromatic nitrogens is 2. The first-order valence-corrected chi connectivity index (χ1v) is 7.49. The van der Waals surface area contributed by atoms with E-state index in [0.717, 1.165) is 36.2 Å². The average molecular weight is 321 g/mol. The smallest absolute Gasteiger partial charge is 0.227 e. The molecule has 1 aliphatic carbocycles. The number of halogens is 2. The summed E-state index contributed by atoms with van der Waals surface area (Å²) in [5.74, 6) is -2.29. The fourth-order valence-electron chi connectivity index (χ4n) is 2.99. The summed E-state index contributed by atoms with van der Waals surface area (Å²) >= 11 is 0. The minimum absolute atomic E-state index is 0.250. The van der Waals surface area contributed by atoms with Crippen LogP contribution in [0.2, 0.25) is 0 Å². The third-order valence-electron chi connectivity index (χ3n) is 4.17. The largest absolute Gasteiger partial charge is 0.386 e. The van der Waals surface area contributed by atoms with Crippen molar-refractivity contribution in [3.8, 4) is 0 Å². The van der Waals surface area contributed by atoms with Gasteiger partial charge in [-0.05, 0) is 31.4 Å². The van der Waals surface area contributed by atoms with Gasteiger partial charge in [0.25, 0.3) is 0 Å². The molecule has 23 heavy (non-hydrogen) atoms. The van der Waals surface area contributed by atoms with E-state index < -0.39 is 23.3 Å². The van der Waals surface area contributed by atoms with Gasteiger partial charge < -0.3 is 10.4 Å². The van der Waals surface area contributed by atoms with Crippen LogP contribution in [-0.4, -0.2) is 27.8 Å². The Balaban J connectivity index is 1.66. The molecule has 0 saturated heterocycles. The Kier molecular flexibility index (Phi) is 4.38. The van der Waals surface area contributed by atoms with Gasteiger partial charge in [-0.3, -0.25) is 9.89 Å². The number of aliphatic hydroxyl groups is 1. The number of aryl methyl sites for hydroxylation is 1. The van der Waals surface area contributed by atoms with Gasteiger partial charge in [-0.15, -0.1) is 0 Å². The second-order valence-corrected chi connectivity index (χ2v) is 5.64. The normalized spacial score (nSPS) is 18.3. The molecule has 0 radical (unpaired) electrons. The molecule has 0 saturated carbocycles. The molecule has 2 aromatic rings. The Morgan fingerprint density at radius 2 is 2.17 bits per heavy atom. The molecule has 1 aliphatic rings. The Labute approximate surface area is 131 Å². The van der Waals surface area contributed by atoms with Crippen molar-refractivity contribution in [2.24, 2.45) is 0 Å². The van der Waals surface area contributed by atoms with Gasteiger partial charge in [0.15, 0.2) is 0 Å². The highest BCUT2D eigenvalue weighted by Crippen LogP contribution is 2.30. The number of hydrogen-bond acceptors (Lipinski definition) is 3. The first-order valence-electron chi connectivity index (χ1n) is 7.49. The van der Waals surface area contributed by atoms with Crippen molar-refractivity contribution in [3.63, 3.8) is 0 Å². The topological polar surface area (TPSA) is 78.0 Å². The molecule has 2 atom stereocenters.